The molecule has 0 fully saturated rings. The van der Waals surface area contributed by atoms with E-state index in [2.05, 4.69) is 23.2 Å². The molecule has 3 nitrogen and oxygen atoms in total. The van der Waals surface area contributed by atoms with Gasteiger partial charge in [0.2, 0.25) is 0 Å². The van der Waals surface area contributed by atoms with Gasteiger partial charge in [0.25, 0.3) is 0 Å². The van der Waals surface area contributed by atoms with Crippen LogP contribution in [0, 0.1) is 5.92 Å². The number of carbonyl (C=O) groups is 1. The van der Waals surface area contributed by atoms with E-state index in [1.807, 2.05) is 14.1 Å². The summed E-state index contributed by atoms with van der Waals surface area (Å²) in [6.45, 7) is 5.69. The van der Waals surface area contributed by atoms with E-state index in [4.69, 9.17) is 4.74 Å². The first kappa shape index (κ1) is 22.2. The van der Waals surface area contributed by atoms with Crippen molar-refractivity contribution in [1.29, 1.82) is 0 Å². The van der Waals surface area contributed by atoms with Gasteiger partial charge in [0.15, 0.2) is 0 Å². The van der Waals surface area contributed by atoms with E-state index in [0.717, 1.165) is 13.0 Å². The molecular weight excluding hydrogens is 366 g/mol. The quantitative estimate of drug-likeness (QED) is 0.415. The van der Waals surface area contributed by atoms with Crippen LogP contribution in [0.1, 0.15) is 46.0 Å². The van der Waals surface area contributed by atoms with Crippen LogP contribution in [0.3, 0.4) is 0 Å². The zero-order chi connectivity index (χ0) is 13.3. The molecule has 0 bridgehead atoms. The maximum Gasteiger partial charge on any atom is 1.00 e. The molecule has 18 heavy (non-hydrogen) atoms. The third-order valence-electron chi connectivity index (χ3n) is 2.90. The van der Waals surface area contributed by atoms with Crippen LogP contribution in [0.4, 0.5) is 0 Å². The van der Waals surface area contributed by atoms with E-state index in [9.17, 15) is 4.79 Å². The average molecular weight is 394 g/mol. The Hall–Kier alpha value is 1.91. The van der Waals surface area contributed by atoms with Crippen molar-refractivity contribution in [2.45, 2.75) is 46.0 Å². The zero-order valence-corrected chi connectivity index (χ0v) is 20.1. The molecular formula is C13H28CsNO2P+. The first-order chi connectivity index (χ1) is 7.89. The summed E-state index contributed by atoms with van der Waals surface area (Å²) in [4.78, 5) is 11.5. The van der Waals surface area contributed by atoms with Gasteiger partial charge in [-0.2, -0.15) is 0 Å². The Morgan fingerprint density at radius 1 is 1.33 bits per heavy atom. The van der Waals surface area contributed by atoms with Crippen LogP contribution in [-0.2, 0) is 9.53 Å². The van der Waals surface area contributed by atoms with Gasteiger partial charge in [0.1, 0.15) is 0 Å². The van der Waals surface area contributed by atoms with Crippen LogP contribution >= 0.6 is 9.39 Å². The molecule has 0 aliphatic carbocycles. The third-order valence-corrected chi connectivity index (χ3v) is 3.12. The largest absolute Gasteiger partial charge is 1.00 e. The van der Waals surface area contributed by atoms with Crippen molar-refractivity contribution in [3.8, 4) is 0 Å². The number of rotatable bonds is 9. The molecule has 0 aliphatic rings. The molecule has 0 aromatic rings. The molecule has 102 valence electrons. The number of quaternary nitrogens is 1. The third kappa shape index (κ3) is 14.3. The Bertz CT molecular complexity index is 220. The SMILES string of the molecule is CCCCC(CC)COC(=O)CC[N+](C)(C)[PH-].[Cs+]. The molecule has 0 spiro atoms. The fourth-order valence-corrected chi connectivity index (χ4v) is 1.66. The van der Waals surface area contributed by atoms with E-state index in [0.29, 0.717) is 23.2 Å². The Morgan fingerprint density at radius 3 is 2.39 bits per heavy atom. The summed E-state index contributed by atoms with van der Waals surface area (Å²) in [5.41, 5.74) is 0. The van der Waals surface area contributed by atoms with E-state index in [1.165, 1.54) is 19.3 Å². The minimum absolute atomic E-state index is 0. The fourth-order valence-electron chi connectivity index (χ4n) is 1.55. The summed E-state index contributed by atoms with van der Waals surface area (Å²) in [6, 6.07) is 0. The number of hydrogen-bond acceptors (Lipinski definition) is 2. The van der Waals surface area contributed by atoms with Gasteiger partial charge in [0, 0.05) is 14.1 Å². The zero-order valence-electron chi connectivity index (χ0n) is 12.8. The van der Waals surface area contributed by atoms with Crippen LogP contribution < -0.4 is 68.9 Å². The Kier molecular flexibility index (Phi) is 15.6. The molecule has 0 aliphatic heterocycles. The summed E-state index contributed by atoms with van der Waals surface area (Å²) in [5, 5.41) is 0. The van der Waals surface area contributed by atoms with Gasteiger partial charge in [-0.05, 0) is 12.3 Å². The van der Waals surface area contributed by atoms with Gasteiger partial charge >= 0.3 is 74.9 Å². The van der Waals surface area contributed by atoms with Gasteiger partial charge in [0.05, 0.1) is 19.6 Å². The molecule has 0 aromatic carbocycles. The van der Waals surface area contributed by atoms with Crippen molar-refractivity contribution in [3.63, 3.8) is 0 Å². The van der Waals surface area contributed by atoms with Crippen LogP contribution in [-0.4, -0.2) is 37.5 Å². The predicted molar refractivity (Wildman–Crippen MR) is 74.2 cm³/mol. The molecule has 0 amide bonds. The van der Waals surface area contributed by atoms with E-state index in [-0.39, 0.29) is 74.9 Å². The number of hydrogen-bond donors (Lipinski definition) is 0. The van der Waals surface area contributed by atoms with Crippen LogP contribution in [0.2, 0.25) is 0 Å². The van der Waals surface area contributed by atoms with E-state index >= 15 is 0 Å². The van der Waals surface area contributed by atoms with Crippen molar-refractivity contribution in [2.24, 2.45) is 5.92 Å². The molecule has 0 saturated carbocycles. The van der Waals surface area contributed by atoms with Crippen molar-refractivity contribution in [1.82, 2.24) is 0 Å². The topological polar surface area (TPSA) is 26.3 Å². The second kappa shape index (κ2) is 12.6. The Labute approximate surface area is 174 Å². The van der Waals surface area contributed by atoms with E-state index < -0.39 is 0 Å². The second-order valence-corrected chi connectivity index (χ2v) is 6.47. The van der Waals surface area contributed by atoms with Gasteiger partial charge in [-0.25, -0.2) is 0 Å². The van der Waals surface area contributed by atoms with Crippen LogP contribution in [0.15, 0.2) is 0 Å². The summed E-state index contributed by atoms with van der Waals surface area (Å²) in [7, 11) is 7.52. The molecule has 0 heterocycles. The molecule has 1 atom stereocenters. The average Bonchev–Trinajstić information content (AvgIpc) is 2.25. The van der Waals surface area contributed by atoms with Gasteiger partial charge in [-0.1, -0.05) is 33.1 Å². The van der Waals surface area contributed by atoms with Crippen LogP contribution in [0.5, 0.6) is 0 Å². The molecule has 5 heteroatoms. The number of nitrogens with zero attached hydrogens (tertiary/aromatic N) is 1. The van der Waals surface area contributed by atoms with Gasteiger partial charge in [-0.15, -0.1) is 0 Å². The Morgan fingerprint density at radius 2 is 1.94 bits per heavy atom. The standard InChI is InChI=1S/C13H28NO2P.Cs/c1-5-7-8-12(6-2)11-16-13(15)9-10-14(3,4)17;/h12,17H,5-11H2,1-4H3;/q;+1. The maximum atomic E-state index is 11.5. The van der Waals surface area contributed by atoms with Crippen molar-refractivity contribution in [3.05, 3.63) is 0 Å². The molecule has 0 radical (unpaired) electrons. The summed E-state index contributed by atoms with van der Waals surface area (Å²) >= 11 is 0. The summed E-state index contributed by atoms with van der Waals surface area (Å²) in [5.74, 6) is 0.453. The smallest absolute Gasteiger partial charge is 0.468 e. The molecule has 0 N–H and O–H groups in total. The number of carbonyl (C=O) groups excluding carboxylic acids is 1. The number of unbranched alkanes of at least 4 members (excludes halogenated alkanes) is 1. The van der Waals surface area contributed by atoms with Crippen molar-refractivity contribution >= 4 is 15.4 Å². The molecule has 0 rings (SSSR count). The number of esters is 1. The Balaban J connectivity index is 0. The van der Waals surface area contributed by atoms with Gasteiger partial charge < -0.3 is 8.99 Å². The second-order valence-electron chi connectivity index (χ2n) is 5.26. The fraction of sp³-hybridized carbons (Fsp3) is 0.923. The van der Waals surface area contributed by atoms with Crippen molar-refractivity contribution in [2.75, 3.05) is 27.2 Å². The molecule has 1 unspecified atom stereocenters. The monoisotopic (exact) mass is 394 g/mol. The molecule has 0 aromatic heterocycles. The minimum Gasteiger partial charge on any atom is -0.468 e. The van der Waals surface area contributed by atoms with E-state index in [1.54, 1.807) is 0 Å². The minimum atomic E-state index is -0.0793. The first-order valence-corrected chi connectivity index (χ1v) is 7.07. The predicted octanol–water partition coefficient (Wildman–Crippen LogP) is 0.274. The van der Waals surface area contributed by atoms with Crippen LogP contribution in [0.25, 0.3) is 0 Å². The normalized spacial score (nSPS) is 12.7. The molecule has 0 saturated heterocycles. The summed E-state index contributed by atoms with van der Waals surface area (Å²) in [6.07, 6.45) is 5.16. The summed E-state index contributed by atoms with van der Waals surface area (Å²) < 4.78 is 5.93. The van der Waals surface area contributed by atoms with Gasteiger partial charge in [-0.3, -0.25) is 14.2 Å². The van der Waals surface area contributed by atoms with Crippen molar-refractivity contribution < 1.29 is 82.7 Å². The maximum absolute atomic E-state index is 11.5. The number of ether oxygens (including phenoxy) is 1. The first-order valence-electron chi connectivity index (χ1n) is 6.62.